The Bertz CT molecular complexity index is 1380. The van der Waals surface area contributed by atoms with Gasteiger partial charge in [0.2, 0.25) is 11.8 Å². The predicted octanol–water partition coefficient (Wildman–Crippen LogP) is 2.21. The van der Waals surface area contributed by atoms with Crippen molar-refractivity contribution in [3.05, 3.63) is 70.4 Å². The van der Waals surface area contributed by atoms with E-state index in [9.17, 15) is 23.2 Å². The quantitative estimate of drug-likeness (QED) is 0.397. The highest BCUT2D eigenvalue weighted by Gasteiger charge is 2.48. The summed E-state index contributed by atoms with van der Waals surface area (Å²) in [5.74, 6) is -3.36. The second-order valence-corrected chi connectivity index (χ2v) is 9.13. The van der Waals surface area contributed by atoms with Crippen LogP contribution >= 0.6 is 11.6 Å². The average molecular weight is 538 g/mol. The average Bonchev–Trinajstić information content (AvgIpc) is 3.39. The van der Waals surface area contributed by atoms with E-state index in [2.05, 4.69) is 5.32 Å². The Morgan fingerprint density at radius 2 is 1.92 bits per heavy atom. The molecule has 1 saturated heterocycles. The molecule has 5 N–H and O–H groups in total. The van der Waals surface area contributed by atoms with Gasteiger partial charge in [-0.1, -0.05) is 29.8 Å². The number of alkyl halides is 1. The number of nitrogens with zero attached hydrogens (tertiary/aromatic N) is 2. The van der Waals surface area contributed by atoms with Gasteiger partial charge >= 0.3 is 6.09 Å². The summed E-state index contributed by atoms with van der Waals surface area (Å²) in [6.07, 6.45) is -0.326. The Labute approximate surface area is 214 Å². The van der Waals surface area contributed by atoms with Crippen molar-refractivity contribution in [2.45, 2.75) is 31.1 Å². The van der Waals surface area contributed by atoms with Gasteiger partial charge in [0.25, 0.3) is 0 Å². The first-order valence-corrected chi connectivity index (χ1v) is 11.6. The lowest BCUT2D eigenvalue weighted by Gasteiger charge is -2.24. The number of fused-ring (bicyclic) bond motifs is 1. The number of primary amides is 1. The standard InChI is InChI=1S/C24H23ClF3N5O4/c25-16-5-6-17(26)15(21(16)27)9-31-22(35)19-8-24(28,11-29)12-32(19)20(34)7-13-10-33(37-23(30)36)18-4-2-1-3-14(13)18/h1-6,10,19H,7-9,11-12,29H2,(H2,30,36)(H,31,35)/t19-,24-/m0/s1. The van der Waals surface area contributed by atoms with Gasteiger partial charge in [0.1, 0.15) is 23.3 Å². The van der Waals surface area contributed by atoms with Gasteiger partial charge in [-0.3, -0.25) is 9.59 Å². The van der Waals surface area contributed by atoms with Crippen molar-refractivity contribution in [2.75, 3.05) is 13.1 Å². The van der Waals surface area contributed by atoms with Gasteiger partial charge in [-0.25, -0.2) is 18.0 Å². The number of benzene rings is 2. The molecule has 0 saturated carbocycles. The molecule has 3 amide bonds. The third-order valence-corrected chi connectivity index (χ3v) is 6.54. The van der Waals surface area contributed by atoms with Crippen molar-refractivity contribution in [1.82, 2.24) is 14.9 Å². The molecular weight excluding hydrogens is 515 g/mol. The van der Waals surface area contributed by atoms with Crippen LogP contribution < -0.4 is 21.6 Å². The van der Waals surface area contributed by atoms with Crippen LogP contribution in [0.2, 0.25) is 5.02 Å². The molecule has 9 nitrogen and oxygen atoms in total. The zero-order valence-electron chi connectivity index (χ0n) is 19.3. The molecule has 0 unspecified atom stereocenters. The topological polar surface area (TPSA) is 133 Å². The molecular formula is C24H23ClF3N5O4. The first-order valence-electron chi connectivity index (χ1n) is 11.2. The minimum atomic E-state index is -2.03. The Morgan fingerprint density at radius 3 is 2.62 bits per heavy atom. The molecule has 196 valence electrons. The highest BCUT2D eigenvalue weighted by molar-refractivity contribution is 6.30. The maximum Gasteiger partial charge on any atom is 0.429 e. The monoisotopic (exact) mass is 537 g/mol. The van der Waals surface area contributed by atoms with Crippen molar-refractivity contribution in [3.8, 4) is 0 Å². The number of hydrogen-bond donors (Lipinski definition) is 3. The van der Waals surface area contributed by atoms with Crippen LogP contribution in [0.3, 0.4) is 0 Å². The smallest absolute Gasteiger partial charge is 0.350 e. The molecule has 1 aliphatic rings. The predicted molar refractivity (Wildman–Crippen MR) is 128 cm³/mol. The van der Waals surface area contributed by atoms with E-state index in [1.165, 1.54) is 6.20 Å². The van der Waals surface area contributed by atoms with Crippen LogP contribution in [0, 0.1) is 11.6 Å². The summed E-state index contributed by atoms with van der Waals surface area (Å²) >= 11 is 5.69. The van der Waals surface area contributed by atoms with Crippen LogP contribution in [-0.2, 0) is 22.6 Å². The fourth-order valence-corrected chi connectivity index (χ4v) is 4.58. The van der Waals surface area contributed by atoms with Crippen LogP contribution in [0.1, 0.15) is 17.5 Å². The van der Waals surface area contributed by atoms with Crippen LogP contribution in [0.25, 0.3) is 10.9 Å². The van der Waals surface area contributed by atoms with Crippen molar-refractivity contribution in [2.24, 2.45) is 11.5 Å². The summed E-state index contributed by atoms with van der Waals surface area (Å²) in [7, 11) is 0. The van der Waals surface area contributed by atoms with Gasteiger partial charge in [0.05, 0.1) is 23.5 Å². The van der Waals surface area contributed by atoms with Gasteiger partial charge in [-0.2, -0.15) is 4.73 Å². The summed E-state index contributed by atoms with van der Waals surface area (Å²) < 4.78 is 44.6. The van der Waals surface area contributed by atoms with E-state index in [1.807, 2.05) is 0 Å². The Balaban J connectivity index is 1.56. The van der Waals surface area contributed by atoms with E-state index in [-0.39, 0.29) is 11.4 Å². The molecule has 2 aromatic carbocycles. The largest absolute Gasteiger partial charge is 0.429 e. The lowest BCUT2D eigenvalue weighted by atomic mass is 10.0. The Kier molecular flexibility index (Phi) is 7.32. The number of aromatic nitrogens is 1. The molecule has 0 radical (unpaired) electrons. The number of nitrogens with one attached hydrogen (secondary N) is 1. The van der Waals surface area contributed by atoms with Crippen molar-refractivity contribution in [3.63, 3.8) is 0 Å². The van der Waals surface area contributed by atoms with E-state index >= 15 is 4.39 Å². The fraction of sp³-hybridized carbons (Fsp3) is 0.292. The van der Waals surface area contributed by atoms with Crippen LogP contribution in [-0.4, -0.2) is 52.3 Å². The normalized spacial score (nSPS) is 19.3. The number of amides is 3. The van der Waals surface area contributed by atoms with E-state index in [1.54, 1.807) is 24.3 Å². The minimum absolute atomic E-state index is 0.266. The van der Waals surface area contributed by atoms with E-state index in [4.69, 9.17) is 27.9 Å². The molecule has 1 aromatic heterocycles. The maximum atomic E-state index is 15.2. The Morgan fingerprint density at radius 1 is 1.19 bits per heavy atom. The molecule has 0 bridgehead atoms. The van der Waals surface area contributed by atoms with Gasteiger partial charge < -0.3 is 26.5 Å². The fourth-order valence-electron chi connectivity index (χ4n) is 4.40. The maximum absolute atomic E-state index is 15.2. The Hall–Kier alpha value is -3.77. The number of halogens is 4. The summed E-state index contributed by atoms with van der Waals surface area (Å²) in [6, 6.07) is 7.47. The van der Waals surface area contributed by atoms with Crippen LogP contribution in [0.5, 0.6) is 0 Å². The molecule has 1 aliphatic heterocycles. The van der Waals surface area contributed by atoms with Gasteiger partial charge in [-0.15, -0.1) is 0 Å². The van der Waals surface area contributed by atoms with Crippen LogP contribution in [0.15, 0.2) is 42.6 Å². The lowest BCUT2D eigenvalue weighted by molar-refractivity contribution is -0.138. The molecule has 3 aromatic rings. The summed E-state index contributed by atoms with van der Waals surface area (Å²) in [4.78, 5) is 43.5. The zero-order chi connectivity index (χ0) is 26.9. The first kappa shape index (κ1) is 26.3. The second kappa shape index (κ2) is 10.3. The molecule has 2 atom stereocenters. The number of nitrogens with two attached hydrogens (primary N) is 2. The van der Waals surface area contributed by atoms with E-state index in [0.29, 0.717) is 16.5 Å². The van der Waals surface area contributed by atoms with E-state index in [0.717, 1.165) is 21.8 Å². The molecule has 1 fully saturated rings. The molecule has 0 aliphatic carbocycles. The third-order valence-electron chi connectivity index (χ3n) is 6.25. The summed E-state index contributed by atoms with van der Waals surface area (Å²) in [5.41, 5.74) is 9.08. The third kappa shape index (κ3) is 5.35. The molecule has 2 heterocycles. The number of hydrogen-bond acceptors (Lipinski definition) is 5. The molecule has 13 heteroatoms. The minimum Gasteiger partial charge on any atom is -0.350 e. The highest BCUT2D eigenvalue weighted by Crippen LogP contribution is 2.32. The SMILES string of the molecule is NC[C@@]1(F)C[C@@H](C(=O)NCc2c(F)ccc(Cl)c2F)N(C(=O)Cc2cn(OC(N)=O)c3ccccc23)C1. The van der Waals surface area contributed by atoms with Crippen LogP contribution in [0.4, 0.5) is 18.0 Å². The lowest BCUT2D eigenvalue weighted by Crippen LogP contribution is -2.46. The molecule has 4 rings (SSSR count). The number of rotatable bonds is 7. The number of carbonyl (C=O) groups is 3. The van der Waals surface area contributed by atoms with Gasteiger partial charge in [0.15, 0.2) is 0 Å². The first-order chi connectivity index (χ1) is 17.5. The summed E-state index contributed by atoms with van der Waals surface area (Å²) in [5, 5.41) is 2.61. The van der Waals surface area contributed by atoms with Crippen molar-refractivity contribution < 1.29 is 32.4 Å². The number of carbonyl (C=O) groups excluding carboxylic acids is 3. The van der Waals surface area contributed by atoms with Gasteiger partial charge in [0, 0.05) is 36.7 Å². The summed E-state index contributed by atoms with van der Waals surface area (Å²) in [6.45, 7) is -1.45. The second-order valence-electron chi connectivity index (χ2n) is 8.72. The van der Waals surface area contributed by atoms with Gasteiger partial charge in [-0.05, 0) is 23.8 Å². The molecule has 37 heavy (non-hydrogen) atoms. The van der Waals surface area contributed by atoms with Crippen molar-refractivity contribution in [1.29, 1.82) is 0 Å². The highest BCUT2D eigenvalue weighted by atomic mass is 35.5. The van der Waals surface area contributed by atoms with E-state index < -0.39 is 72.9 Å². The van der Waals surface area contributed by atoms with Crippen molar-refractivity contribution >= 4 is 40.4 Å². The number of para-hydroxylation sites is 1. The number of likely N-dealkylation sites (tertiary alicyclic amines) is 1. The molecule has 0 spiro atoms. The zero-order valence-corrected chi connectivity index (χ0v) is 20.1.